The molecule has 2 nitrogen and oxygen atoms in total. The summed E-state index contributed by atoms with van der Waals surface area (Å²) in [5, 5.41) is 0. The number of hydrogen-bond donors (Lipinski definition) is 1. The van der Waals surface area contributed by atoms with Crippen molar-refractivity contribution in [2.75, 3.05) is 19.8 Å². The second-order valence-corrected chi connectivity index (χ2v) is 6.63. The Morgan fingerprint density at radius 3 is 2.33 bits per heavy atom. The second-order valence-electron chi connectivity index (χ2n) is 6.63. The van der Waals surface area contributed by atoms with E-state index >= 15 is 0 Å². The summed E-state index contributed by atoms with van der Waals surface area (Å²) in [6, 6.07) is 8.98. The van der Waals surface area contributed by atoms with Crippen molar-refractivity contribution in [1.29, 1.82) is 0 Å². The summed E-state index contributed by atoms with van der Waals surface area (Å²) in [6.45, 7) is 9.12. The van der Waals surface area contributed by atoms with Crippen molar-refractivity contribution in [3.8, 4) is 0 Å². The number of ether oxygens (including phenoxy) is 1. The molecule has 0 aromatic heterocycles. The van der Waals surface area contributed by atoms with E-state index in [1.54, 1.807) is 0 Å². The van der Waals surface area contributed by atoms with Gasteiger partial charge in [0.25, 0.3) is 0 Å². The molecule has 1 aromatic rings. The smallest absolute Gasteiger partial charge is 0.0538 e. The molecule has 2 heteroatoms. The van der Waals surface area contributed by atoms with Crippen LogP contribution in [0.5, 0.6) is 0 Å². The van der Waals surface area contributed by atoms with Crippen LogP contribution >= 0.6 is 0 Å². The van der Waals surface area contributed by atoms with Crippen LogP contribution < -0.4 is 5.73 Å². The zero-order valence-electron chi connectivity index (χ0n) is 11.8. The maximum absolute atomic E-state index is 5.94. The fourth-order valence-electron chi connectivity index (χ4n) is 2.58. The third-order valence-corrected chi connectivity index (χ3v) is 4.02. The number of hydrogen-bond acceptors (Lipinski definition) is 2. The Morgan fingerprint density at radius 2 is 1.89 bits per heavy atom. The molecule has 0 radical (unpaired) electrons. The van der Waals surface area contributed by atoms with Gasteiger partial charge < -0.3 is 10.5 Å². The summed E-state index contributed by atoms with van der Waals surface area (Å²) in [5.74, 6) is 0. The summed E-state index contributed by atoms with van der Waals surface area (Å²) in [6.07, 6.45) is 2.12. The van der Waals surface area contributed by atoms with E-state index in [0.29, 0.717) is 6.54 Å². The van der Waals surface area contributed by atoms with Gasteiger partial charge in [0.2, 0.25) is 0 Å². The van der Waals surface area contributed by atoms with Gasteiger partial charge in [-0.15, -0.1) is 0 Å². The molecule has 0 spiro atoms. The van der Waals surface area contributed by atoms with E-state index in [2.05, 4.69) is 45.0 Å². The molecule has 1 atom stereocenters. The van der Waals surface area contributed by atoms with Crippen molar-refractivity contribution in [2.45, 2.75) is 39.0 Å². The predicted octanol–water partition coefficient (Wildman–Crippen LogP) is 2.89. The summed E-state index contributed by atoms with van der Waals surface area (Å²) < 4.78 is 5.52. The molecule has 2 N–H and O–H groups in total. The van der Waals surface area contributed by atoms with Crippen LogP contribution in [0, 0.1) is 5.41 Å². The normalized spacial score (nSPS) is 24.4. The van der Waals surface area contributed by atoms with E-state index in [1.807, 2.05) is 0 Å². The lowest BCUT2D eigenvalue weighted by molar-refractivity contribution is 0.154. The van der Waals surface area contributed by atoms with E-state index in [4.69, 9.17) is 10.5 Å². The van der Waals surface area contributed by atoms with E-state index in [1.165, 1.54) is 11.1 Å². The lowest BCUT2D eigenvalue weighted by atomic mass is 9.80. The Bertz CT molecular complexity index is 383. The van der Waals surface area contributed by atoms with E-state index in [9.17, 15) is 0 Å². The highest BCUT2D eigenvalue weighted by Gasteiger charge is 2.33. The van der Waals surface area contributed by atoms with Crippen molar-refractivity contribution in [1.82, 2.24) is 0 Å². The quantitative estimate of drug-likeness (QED) is 0.891. The highest BCUT2D eigenvalue weighted by molar-refractivity contribution is 5.28. The first-order valence-electron chi connectivity index (χ1n) is 6.82. The average Bonchev–Trinajstić information content (AvgIpc) is 2.78. The van der Waals surface area contributed by atoms with Crippen LogP contribution in [-0.4, -0.2) is 19.8 Å². The summed E-state index contributed by atoms with van der Waals surface area (Å²) in [7, 11) is 0. The monoisotopic (exact) mass is 247 g/mol. The van der Waals surface area contributed by atoms with Crippen molar-refractivity contribution >= 4 is 0 Å². The minimum absolute atomic E-state index is 0.170. The maximum Gasteiger partial charge on any atom is 0.0538 e. The van der Waals surface area contributed by atoms with E-state index in [-0.39, 0.29) is 10.8 Å². The molecule has 1 aliphatic rings. The number of rotatable bonds is 3. The van der Waals surface area contributed by atoms with Crippen LogP contribution in [0.1, 0.15) is 38.3 Å². The second kappa shape index (κ2) is 5.02. The first-order valence-corrected chi connectivity index (χ1v) is 6.82. The zero-order chi connectivity index (χ0) is 13.2. The molecular weight excluding hydrogens is 222 g/mol. The molecule has 100 valence electrons. The van der Waals surface area contributed by atoms with Crippen molar-refractivity contribution < 1.29 is 4.74 Å². The Kier molecular flexibility index (Phi) is 3.79. The largest absolute Gasteiger partial charge is 0.381 e. The molecule has 1 saturated heterocycles. The number of benzene rings is 1. The molecule has 1 aromatic carbocycles. The van der Waals surface area contributed by atoms with Gasteiger partial charge >= 0.3 is 0 Å². The Labute approximate surface area is 111 Å². The first kappa shape index (κ1) is 13.6. The molecule has 2 rings (SSSR count). The molecule has 0 bridgehead atoms. The highest BCUT2D eigenvalue weighted by atomic mass is 16.5. The minimum Gasteiger partial charge on any atom is -0.381 e. The predicted molar refractivity (Wildman–Crippen MR) is 75.8 cm³/mol. The van der Waals surface area contributed by atoms with Crippen molar-refractivity contribution in [3.05, 3.63) is 35.4 Å². The van der Waals surface area contributed by atoms with Crippen LogP contribution in [0.4, 0.5) is 0 Å². The third-order valence-electron chi connectivity index (χ3n) is 4.02. The zero-order valence-corrected chi connectivity index (χ0v) is 11.8. The van der Waals surface area contributed by atoms with Crippen LogP contribution in [0.2, 0.25) is 0 Å². The van der Waals surface area contributed by atoms with E-state index < -0.39 is 0 Å². The first-order chi connectivity index (χ1) is 8.45. The maximum atomic E-state index is 5.94. The Hall–Kier alpha value is -0.860. The molecule has 18 heavy (non-hydrogen) atoms. The van der Waals surface area contributed by atoms with Gasteiger partial charge in [-0.2, -0.15) is 0 Å². The van der Waals surface area contributed by atoms with Crippen LogP contribution in [-0.2, 0) is 16.6 Å². The molecule has 0 saturated carbocycles. The van der Waals surface area contributed by atoms with Gasteiger partial charge in [-0.05, 0) is 29.4 Å². The number of nitrogens with two attached hydrogens (primary N) is 1. The third kappa shape index (κ3) is 2.93. The molecule has 1 heterocycles. The van der Waals surface area contributed by atoms with Gasteiger partial charge in [0.1, 0.15) is 0 Å². The molecular formula is C16H25NO. The molecule has 1 fully saturated rings. The standard InChI is InChI=1S/C16H25NO/c1-15(2,3)14-6-4-13(5-7-14)10-16(11-17)8-9-18-12-16/h4-7H,8-12,17H2,1-3H3. The average molecular weight is 247 g/mol. The summed E-state index contributed by atoms with van der Waals surface area (Å²) in [4.78, 5) is 0. The van der Waals surface area contributed by atoms with Gasteiger partial charge in [-0.3, -0.25) is 0 Å². The Balaban J connectivity index is 2.11. The van der Waals surface area contributed by atoms with Gasteiger partial charge in [0, 0.05) is 18.6 Å². The lowest BCUT2D eigenvalue weighted by Crippen LogP contribution is -2.33. The van der Waals surface area contributed by atoms with Gasteiger partial charge in [-0.25, -0.2) is 0 Å². The van der Waals surface area contributed by atoms with E-state index in [0.717, 1.165) is 26.1 Å². The fourth-order valence-corrected chi connectivity index (χ4v) is 2.58. The highest BCUT2D eigenvalue weighted by Crippen LogP contribution is 2.32. The molecule has 0 amide bonds. The van der Waals surface area contributed by atoms with Crippen molar-refractivity contribution in [3.63, 3.8) is 0 Å². The lowest BCUT2D eigenvalue weighted by Gasteiger charge is -2.26. The van der Waals surface area contributed by atoms with Gasteiger partial charge in [0.05, 0.1) is 6.61 Å². The van der Waals surface area contributed by atoms with Crippen LogP contribution in [0.25, 0.3) is 0 Å². The van der Waals surface area contributed by atoms with Crippen LogP contribution in [0.15, 0.2) is 24.3 Å². The topological polar surface area (TPSA) is 35.2 Å². The van der Waals surface area contributed by atoms with Crippen molar-refractivity contribution in [2.24, 2.45) is 11.1 Å². The molecule has 1 aliphatic heterocycles. The minimum atomic E-state index is 0.170. The molecule has 1 unspecified atom stereocenters. The summed E-state index contributed by atoms with van der Waals surface area (Å²) in [5.41, 5.74) is 9.09. The summed E-state index contributed by atoms with van der Waals surface area (Å²) >= 11 is 0. The Morgan fingerprint density at radius 1 is 1.22 bits per heavy atom. The SMILES string of the molecule is CC(C)(C)c1ccc(CC2(CN)CCOC2)cc1. The van der Waals surface area contributed by atoms with Crippen LogP contribution in [0.3, 0.4) is 0 Å². The van der Waals surface area contributed by atoms with Gasteiger partial charge in [0.15, 0.2) is 0 Å². The molecule has 0 aliphatic carbocycles. The fraction of sp³-hybridized carbons (Fsp3) is 0.625. The van der Waals surface area contributed by atoms with Gasteiger partial charge in [-0.1, -0.05) is 45.0 Å².